The molecule has 3 aromatic heterocycles. The van der Waals surface area contributed by atoms with E-state index in [1.807, 2.05) is 19.1 Å². The highest BCUT2D eigenvalue weighted by Gasteiger charge is 2.23. The van der Waals surface area contributed by atoms with Crippen molar-refractivity contribution < 1.29 is 4.79 Å². The molecule has 0 unspecified atom stereocenters. The first-order valence-corrected chi connectivity index (χ1v) is 10.8. The number of piperidine rings is 1. The Morgan fingerprint density at radius 3 is 2.70 bits per heavy atom. The van der Waals surface area contributed by atoms with E-state index in [-0.39, 0.29) is 17.2 Å². The van der Waals surface area contributed by atoms with Crippen LogP contribution in [0.1, 0.15) is 45.4 Å². The summed E-state index contributed by atoms with van der Waals surface area (Å²) in [5, 5.41) is 2.61. The molecule has 1 aliphatic rings. The van der Waals surface area contributed by atoms with Crippen LogP contribution in [0.4, 0.5) is 0 Å². The van der Waals surface area contributed by atoms with Gasteiger partial charge in [-0.25, -0.2) is 9.78 Å². The Kier molecular flexibility index (Phi) is 5.57. The third-order valence-electron chi connectivity index (χ3n) is 5.82. The molecule has 1 aliphatic heterocycles. The maximum atomic E-state index is 12.3. The van der Waals surface area contributed by atoms with Crippen molar-refractivity contribution in [2.24, 2.45) is 7.05 Å². The molecule has 0 aromatic carbocycles. The smallest absolute Gasteiger partial charge is 0.328 e. The van der Waals surface area contributed by atoms with Crippen LogP contribution >= 0.6 is 11.3 Å². The van der Waals surface area contributed by atoms with E-state index in [1.165, 1.54) is 23.9 Å². The van der Waals surface area contributed by atoms with Crippen molar-refractivity contribution in [2.75, 3.05) is 20.1 Å². The minimum absolute atomic E-state index is 0.168. The van der Waals surface area contributed by atoms with Gasteiger partial charge in [-0.2, -0.15) is 0 Å². The van der Waals surface area contributed by atoms with E-state index < -0.39 is 0 Å². The van der Waals surface area contributed by atoms with Gasteiger partial charge in [-0.15, -0.1) is 11.3 Å². The quantitative estimate of drug-likeness (QED) is 0.661. The lowest BCUT2D eigenvalue weighted by molar-refractivity contribution is 0.0958. The fourth-order valence-electron chi connectivity index (χ4n) is 4.10. The number of pyridine rings is 1. The first-order valence-electron chi connectivity index (χ1n) is 10.0. The van der Waals surface area contributed by atoms with Gasteiger partial charge in [0.25, 0.3) is 11.5 Å². The molecule has 9 heteroatoms. The van der Waals surface area contributed by atoms with Crippen LogP contribution < -0.4 is 16.6 Å². The summed E-state index contributed by atoms with van der Waals surface area (Å²) in [6.07, 6.45) is 2.04. The van der Waals surface area contributed by atoms with Crippen molar-refractivity contribution in [3.63, 3.8) is 0 Å². The molecule has 3 aromatic rings. The van der Waals surface area contributed by atoms with Gasteiger partial charge in [-0.05, 0) is 56.5 Å². The topological polar surface area (TPSA) is 100 Å². The van der Waals surface area contributed by atoms with Crippen LogP contribution in [0.2, 0.25) is 0 Å². The number of hydrogen-bond donors (Lipinski definition) is 2. The monoisotopic (exact) mass is 427 g/mol. The number of nitrogens with zero attached hydrogens (tertiary/aromatic N) is 3. The third-order valence-corrected chi connectivity index (χ3v) is 6.93. The zero-order valence-electron chi connectivity index (χ0n) is 17.3. The Morgan fingerprint density at radius 1 is 1.30 bits per heavy atom. The number of aryl methyl sites for hydroxylation is 1. The molecule has 30 heavy (non-hydrogen) atoms. The largest absolute Gasteiger partial charge is 0.354 e. The predicted octanol–water partition coefficient (Wildman–Crippen LogP) is 1.73. The van der Waals surface area contributed by atoms with Crippen LogP contribution in [0.25, 0.3) is 10.2 Å². The van der Waals surface area contributed by atoms with Crippen LogP contribution in [0.5, 0.6) is 0 Å². The molecule has 0 radical (unpaired) electrons. The average molecular weight is 428 g/mol. The highest BCUT2D eigenvalue weighted by atomic mass is 32.1. The second-order valence-corrected chi connectivity index (χ2v) is 8.89. The molecular weight excluding hydrogens is 402 g/mol. The second kappa shape index (κ2) is 8.16. The zero-order valence-corrected chi connectivity index (χ0v) is 18.1. The zero-order chi connectivity index (χ0) is 21.4. The van der Waals surface area contributed by atoms with Crippen molar-refractivity contribution in [1.29, 1.82) is 0 Å². The number of carbonyl (C=O) groups excluding carboxylic acids is 1. The highest BCUT2D eigenvalue weighted by Crippen LogP contribution is 2.31. The first kappa shape index (κ1) is 20.5. The van der Waals surface area contributed by atoms with Gasteiger partial charge in [0, 0.05) is 31.2 Å². The van der Waals surface area contributed by atoms with E-state index in [0.29, 0.717) is 21.8 Å². The predicted molar refractivity (Wildman–Crippen MR) is 117 cm³/mol. The Balaban J connectivity index is 1.43. The van der Waals surface area contributed by atoms with E-state index in [9.17, 15) is 14.4 Å². The number of H-pyrrole nitrogens is 1. The molecule has 8 nitrogen and oxygen atoms in total. The van der Waals surface area contributed by atoms with E-state index >= 15 is 0 Å². The summed E-state index contributed by atoms with van der Waals surface area (Å²) in [5.74, 6) is 0.262. The summed E-state index contributed by atoms with van der Waals surface area (Å²) in [4.78, 5) is 46.6. The summed E-state index contributed by atoms with van der Waals surface area (Å²) in [5.41, 5.74) is 2.57. The van der Waals surface area contributed by atoms with E-state index in [4.69, 9.17) is 0 Å². The molecule has 0 aliphatic carbocycles. The van der Waals surface area contributed by atoms with Crippen LogP contribution in [0.3, 0.4) is 0 Å². The summed E-state index contributed by atoms with van der Waals surface area (Å²) in [7, 11) is 3.10. The summed E-state index contributed by atoms with van der Waals surface area (Å²) in [6, 6.07) is 5.75. The van der Waals surface area contributed by atoms with Crippen LogP contribution in [-0.4, -0.2) is 45.5 Å². The third kappa shape index (κ3) is 3.82. The molecule has 4 heterocycles. The number of amides is 1. The molecule has 4 rings (SSSR count). The van der Waals surface area contributed by atoms with E-state index in [0.717, 1.165) is 47.6 Å². The fraction of sp³-hybridized carbons (Fsp3) is 0.429. The van der Waals surface area contributed by atoms with Gasteiger partial charge >= 0.3 is 5.69 Å². The molecule has 1 amide bonds. The van der Waals surface area contributed by atoms with Crippen molar-refractivity contribution in [3.8, 4) is 0 Å². The lowest BCUT2D eigenvalue weighted by atomic mass is 9.88. The van der Waals surface area contributed by atoms with E-state index in [2.05, 4.69) is 20.2 Å². The second-order valence-electron chi connectivity index (χ2n) is 7.75. The number of nitrogens with one attached hydrogen (secondary N) is 2. The van der Waals surface area contributed by atoms with Crippen molar-refractivity contribution in [2.45, 2.75) is 32.2 Å². The Labute approximate surface area is 177 Å². The van der Waals surface area contributed by atoms with Crippen LogP contribution in [0, 0.1) is 6.92 Å². The number of aromatic amines is 1. The van der Waals surface area contributed by atoms with Gasteiger partial charge in [0.15, 0.2) is 0 Å². The van der Waals surface area contributed by atoms with Crippen molar-refractivity contribution >= 4 is 27.5 Å². The fourth-order valence-corrected chi connectivity index (χ4v) is 5.23. The molecule has 0 atom stereocenters. The standard InChI is InChI=1S/C21H25N5O3S/c1-12-15(4-5-16(23-12)19(27)22-2)13-6-8-26(9-7-13)11-14-10-17-18(30-14)20(28)25(3)21(29)24-17/h4-5,10,13H,6-9,11H2,1-3H3,(H,22,27)(H,24,29). The van der Waals surface area contributed by atoms with Gasteiger partial charge < -0.3 is 10.3 Å². The SMILES string of the molecule is CNC(=O)c1ccc(C2CCN(Cc3cc4[nH]c(=O)n(C)c(=O)c4s3)CC2)c(C)n1. The maximum Gasteiger partial charge on any atom is 0.328 e. The minimum Gasteiger partial charge on any atom is -0.354 e. The summed E-state index contributed by atoms with van der Waals surface area (Å²) >= 11 is 1.45. The molecule has 2 N–H and O–H groups in total. The molecule has 158 valence electrons. The van der Waals surface area contributed by atoms with Gasteiger partial charge in [0.2, 0.25) is 0 Å². The summed E-state index contributed by atoms with van der Waals surface area (Å²) < 4.78 is 1.71. The molecule has 0 saturated carbocycles. The lowest BCUT2D eigenvalue weighted by Crippen LogP contribution is -2.32. The Morgan fingerprint density at radius 2 is 2.03 bits per heavy atom. The number of aromatic nitrogens is 3. The molecule has 1 saturated heterocycles. The number of hydrogen-bond acceptors (Lipinski definition) is 6. The van der Waals surface area contributed by atoms with Crippen molar-refractivity contribution in [1.82, 2.24) is 24.8 Å². The van der Waals surface area contributed by atoms with Crippen LogP contribution in [-0.2, 0) is 13.6 Å². The summed E-state index contributed by atoms with van der Waals surface area (Å²) in [6.45, 7) is 4.63. The number of likely N-dealkylation sites (tertiary alicyclic amines) is 1. The minimum atomic E-state index is -0.385. The maximum absolute atomic E-state index is 12.3. The molecule has 0 bridgehead atoms. The molecule has 0 spiro atoms. The Hall–Kier alpha value is -2.78. The van der Waals surface area contributed by atoms with E-state index in [1.54, 1.807) is 13.1 Å². The molecule has 1 fully saturated rings. The average Bonchev–Trinajstić information content (AvgIpc) is 3.14. The van der Waals surface area contributed by atoms with Gasteiger partial charge in [0.1, 0.15) is 10.4 Å². The number of fused-ring (bicyclic) bond motifs is 1. The first-order chi connectivity index (χ1) is 14.4. The normalized spacial score (nSPS) is 15.6. The lowest BCUT2D eigenvalue weighted by Gasteiger charge is -2.32. The van der Waals surface area contributed by atoms with Crippen molar-refractivity contribution in [3.05, 3.63) is 60.9 Å². The van der Waals surface area contributed by atoms with Gasteiger partial charge in [0.05, 0.1) is 5.52 Å². The number of carbonyl (C=O) groups is 1. The van der Waals surface area contributed by atoms with Crippen LogP contribution in [0.15, 0.2) is 27.8 Å². The Bertz CT molecular complexity index is 1220. The van der Waals surface area contributed by atoms with Gasteiger partial charge in [-0.3, -0.25) is 19.1 Å². The number of rotatable bonds is 4. The van der Waals surface area contributed by atoms with Gasteiger partial charge in [-0.1, -0.05) is 6.07 Å². The number of thiophene rings is 1. The highest BCUT2D eigenvalue weighted by molar-refractivity contribution is 7.18. The molecular formula is C21H25N5O3S.